The monoisotopic (exact) mass is 322 g/mol. The third-order valence-corrected chi connectivity index (χ3v) is 9.77. The van der Waals surface area contributed by atoms with Gasteiger partial charge in [-0.05, 0) is 23.9 Å². The Morgan fingerprint density at radius 3 is 2.22 bits per heavy atom. The summed E-state index contributed by atoms with van der Waals surface area (Å²) < 4.78 is 0. The highest BCUT2D eigenvalue weighted by atomic mass is 28.3. The first-order valence-corrected chi connectivity index (χ1v) is 11.6. The van der Waals surface area contributed by atoms with Gasteiger partial charge in [0.2, 0.25) is 0 Å². The van der Waals surface area contributed by atoms with E-state index in [-0.39, 0.29) is 5.92 Å². The molecule has 0 fully saturated rings. The van der Waals surface area contributed by atoms with Gasteiger partial charge in [-0.1, -0.05) is 91.1 Å². The maximum Gasteiger partial charge on any atom is 0.0852 e. The van der Waals surface area contributed by atoms with Crippen LogP contribution in [0.3, 0.4) is 0 Å². The maximum atomic E-state index is 11.0. The second-order valence-corrected chi connectivity index (χ2v) is 11.9. The highest BCUT2D eigenvalue weighted by Crippen LogP contribution is 2.44. The second kappa shape index (κ2) is 6.86. The van der Waals surface area contributed by atoms with E-state index in [1.165, 1.54) is 11.6 Å². The Morgan fingerprint density at radius 2 is 1.57 bits per heavy atom. The SMILES string of the molecule is C[Si](C)(c1ccccc1)[C@@H]1CCC=C[C@@H]1C(O)c1ccccc1. The average molecular weight is 323 g/mol. The summed E-state index contributed by atoms with van der Waals surface area (Å²) in [4.78, 5) is 0. The number of rotatable bonds is 4. The van der Waals surface area contributed by atoms with E-state index in [0.29, 0.717) is 5.54 Å². The number of benzene rings is 2. The zero-order chi connectivity index (χ0) is 16.3. The molecule has 0 aromatic heterocycles. The Morgan fingerprint density at radius 1 is 0.957 bits per heavy atom. The molecule has 0 amide bonds. The standard InChI is InChI=1S/C21H26OSi/c1-23(2,18-13-7-4-8-14-18)20-16-10-9-15-19(20)21(22)17-11-5-3-6-12-17/h3-9,11-15,19-22H,10,16H2,1-2H3/t19-,20+,21?/m0/s1. The van der Waals surface area contributed by atoms with Gasteiger partial charge in [-0.2, -0.15) is 0 Å². The van der Waals surface area contributed by atoms with Crippen LogP contribution < -0.4 is 5.19 Å². The Hall–Kier alpha value is -1.64. The quantitative estimate of drug-likeness (QED) is 0.640. The fourth-order valence-corrected chi connectivity index (χ4v) is 7.60. The van der Waals surface area contributed by atoms with E-state index >= 15 is 0 Å². The van der Waals surface area contributed by atoms with E-state index < -0.39 is 14.2 Å². The van der Waals surface area contributed by atoms with Gasteiger partial charge >= 0.3 is 0 Å². The molecule has 23 heavy (non-hydrogen) atoms. The first kappa shape index (κ1) is 16.2. The number of aliphatic hydroxyl groups is 1. The smallest absolute Gasteiger partial charge is 0.0852 e. The molecule has 1 nitrogen and oxygen atoms in total. The van der Waals surface area contributed by atoms with Crippen molar-refractivity contribution in [3.63, 3.8) is 0 Å². The molecule has 0 saturated heterocycles. The first-order chi connectivity index (χ1) is 11.1. The number of aliphatic hydroxyl groups excluding tert-OH is 1. The van der Waals surface area contributed by atoms with Gasteiger partial charge in [0.15, 0.2) is 0 Å². The topological polar surface area (TPSA) is 20.2 Å². The summed E-state index contributed by atoms with van der Waals surface area (Å²) >= 11 is 0. The molecule has 2 heteroatoms. The molecule has 120 valence electrons. The van der Waals surface area contributed by atoms with Crippen molar-refractivity contribution in [2.45, 2.75) is 37.6 Å². The predicted molar refractivity (Wildman–Crippen MR) is 101 cm³/mol. The molecule has 0 heterocycles. The fourth-order valence-electron chi connectivity index (χ4n) is 3.98. The summed E-state index contributed by atoms with van der Waals surface area (Å²) in [6.07, 6.45) is 6.42. The molecule has 0 bridgehead atoms. The molecule has 0 spiro atoms. The molecule has 0 saturated carbocycles. The lowest BCUT2D eigenvalue weighted by Gasteiger charge is -2.41. The van der Waals surface area contributed by atoms with Gasteiger partial charge in [-0.15, -0.1) is 0 Å². The summed E-state index contributed by atoms with van der Waals surface area (Å²) in [7, 11) is -1.65. The fraction of sp³-hybridized carbons (Fsp3) is 0.333. The number of hydrogen-bond donors (Lipinski definition) is 1. The number of hydrogen-bond acceptors (Lipinski definition) is 1. The van der Waals surface area contributed by atoms with E-state index in [2.05, 4.69) is 55.6 Å². The highest BCUT2D eigenvalue weighted by Gasteiger charge is 2.41. The lowest BCUT2D eigenvalue weighted by atomic mass is 9.87. The zero-order valence-corrected chi connectivity index (χ0v) is 15.0. The van der Waals surface area contributed by atoms with Crippen LogP contribution in [-0.4, -0.2) is 13.2 Å². The highest BCUT2D eigenvalue weighted by molar-refractivity contribution is 6.91. The van der Waals surface area contributed by atoms with Gasteiger partial charge in [-0.25, -0.2) is 0 Å². The van der Waals surface area contributed by atoms with Crippen LogP contribution in [0.1, 0.15) is 24.5 Å². The summed E-state index contributed by atoms with van der Waals surface area (Å²) in [5, 5.41) is 12.5. The van der Waals surface area contributed by atoms with Crippen molar-refractivity contribution >= 4 is 13.3 Å². The summed E-state index contributed by atoms with van der Waals surface area (Å²) in [6.45, 7) is 4.91. The van der Waals surface area contributed by atoms with Gasteiger partial charge < -0.3 is 5.11 Å². The molecule has 1 aliphatic carbocycles. The Balaban J connectivity index is 1.92. The van der Waals surface area contributed by atoms with Crippen molar-refractivity contribution in [3.05, 3.63) is 78.4 Å². The van der Waals surface area contributed by atoms with Gasteiger partial charge in [0.25, 0.3) is 0 Å². The molecule has 1 N–H and O–H groups in total. The van der Waals surface area contributed by atoms with Crippen LogP contribution in [0.5, 0.6) is 0 Å². The molecule has 3 atom stereocenters. The van der Waals surface area contributed by atoms with E-state index in [1.54, 1.807) is 0 Å². The van der Waals surface area contributed by atoms with E-state index in [0.717, 1.165) is 12.0 Å². The first-order valence-electron chi connectivity index (χ1n) is 8.56. The maximum absolute atomic E-state index is 11.0. The van der Waals surface area contributed by atoms with Crippen molar-refractivity contribution < 1.29 is 5.11 Å². The van der Waals surface area contributed by atoms with Gasteiger partial charge in [0.05, 0.1) is 14.2 Å². The lowest BCUT2D eigenvalue weighted by Crippen LogP contribution is -2.49. The molecule has 1 unspecified atom stereocenters. The summed E-state index contributed by atoms with van der Waals surface area (Å²) in [5.41, 5.74) is 1.59. The molecule has 0 radical (unpaired) electrons. The van der Waals surface area contributed by atoms with E-state index in [1.807, 2.05) is 30.3 Å². The van der Waals surface area contributed by atoms with Gasteiger partial charge in [0.1, 0.15) is 0 Å². The zero-order valence-electron chi connectivity index (χ0n) is 14.0. The normalized spacial score (nSPS) is 22.7. The minimum Gasteiger partial charge on any atom is -0.388 e. The van der Waals surface area contributed by atoms with Crippen LogP contribution in [0.4, 0.5) is 0 Å². The third kappa shape index (κ3) is 3.33. The Kier molecular flexibility index (Phi) is 4.84. The van der Waals surface area contributed by atoms with Crippen molar-refractivity contribution in [3.8, 4) is 0 Å². The van der Waals surface area contributed by atoms with Crippen LogP contribution in [0, 0.1) is 5.92 Å². The van der Waals surface area contributed by atoms with Crippen LogP contribution in [0.15, 0.2) is 72.8 Å². The third-order valence-electron chi connectivity index (χ3n) is 5.42. The van der Waals surface area contributed by atoms with Gasteiger partial charge in [0, 0.05) is 5.92 Å². The van der Waals surface area contributed by atoms with Crippen LogP contribution in [-0.2, 0) is 0 Å². The lowest BCUT2D eigenvalue weighted by molar-refractivity contribution is 0.122. The minimum absolute atomic E-state index is 0.216. The van der Waals surface area contributed by atoms with Crippen LogP contribution in [0.2, 0.25) is 18.6 Å². The number of allylic oxidation sites excluding steroid dienone is 1. The molecular weight excluding hydrogens is 296 g/mol. The van der Waals surface area contributed by atoms with E-state index in [9.17, 15) is 5.11 Å². The molecule has 1 aliphatic rings. The molecule has 0 aliphatic heterocycles. The Bertz CT molecular complexity index is 648. The average Bonchev–Trinajstić information content (AvgIpc) is 2.62. The van der Waals surface area contributed by atoms with Crippen LogP contribution >= 0.6 is 0 Å². The van der Waals surface area contributed by atoms with E-state index in [4.69, 9.17) is 0 Å². The van der Waals surface area contributed by atoms with Crippen LogP contribution in [0.25, 0.3) is 0 Å². The van der Waals surface area contributed by atoms with Gasteiger partial charge in [-0.3, -0.25) is 0 Å². The van der Waals surface area contributed by atoms with Crippen molar-refractivity contribution in [2.24, 2.45) is 5.92 Å². The summed E-state index contributed by atoms with van der Waals surface area (Å²) in [5.74, 6) is 0.216. The largest absolute Gasteiger partial charge is 0.388 e. The van der Waals surface area contributed by atoms with Crippen molar-refractivity contribution in [1.29, 1.82) is 0 Å². The minimum atomic E-state index is -1.65. The molecule has 2 aromatic rings. The Labute approximate surface area is 140 Å². The molecule has 3 rings (SSSR count). The summed E-state index contributed by atoms with van der Waals surface area (Å²) in [6, 6.07) is 21.0. The predicted octanol–water partition coefficient (Wildman–Crippen LogP) is 4.67. The molecule has 2 aromatic carbocycles. The van der Waals surface area contributed by atoms with Crippen molar-refractivity contribution in [1.82, 2.24) is 0 Å². The molecular formula is C21H26OSi. The van der Waals surface area contributed by atoms with Crippen molar-refractivity contribution in [2.75, 3.05) is 0 Å². The second-order valence-electron chi connectivity index (χ2n) is 7.13.